The molecule has 0 aliphatic carbocycles. The van der Waals surface area contributed by atoms with E-state index in [9.17, 15) is 18.0 Å². The van der Waals surface area contributed by atoms with E-state index >= 15 is 0 Å². The molecule has 1 amide bonds. The summed E-state index contributed by atoms with van der Waals surface area (Å²) in [4.78, 5) is 24.4. The number of carbonyl (C=O) groups is 1. The minimum Gasteiger partial charge on any atom is -0.451 e. The highest BCUT2D eigenvalue weighted by Gasteiger charge is 2.29. The van der Waals surface area contributed by atoms with Crippen LogP contribution in [0.1, 0.15) is 28.1 Å². The quantitative estimate of drug-likeness (QED) is 0.893. The molecular formula is C16H17NO5S. The molecule has 1 saturated heterocycles. The molecule has 2 heterocycles. The van der Waals surface area contributed by atoms with Gasteiger partial charge in [-0.1, -0.05) is 0 Å². The van der Waals surface area contributed by atoms with E-state index in [0.29, 0.717) is 17.4 Å². The van der Waals surface area contributed by atoms with E-state index in [-0.39, 0.29) is 22.7 Å². The molecule has 1 aromatic carbocycles. The zero-order valence-electron chi connectivity index (χ0n) is 12.9. The third kappa shape index (κ3) is 3.14. The van der Waals surface area contributed by atoms with Gasteiger partial charge in [-0.3, -0.25) is 9.59 Å². The van der Waals surface area contributed by atoms with Gasteiger partial charge in [-0.05, 0) is 43.5 Å². The van der Waals surface area contributed by atoms with Crippen LogP contribution in [0.25, 0.3) is 11.0 Å². The summed E-state index contributed by atoms with van der Waals surface area (Å²) in [6, 6.07) is 4.17. The highest BCUT2D eigenvalue weighted by molar-refractivity contribution is 7.91. The molecule has 1 aliphatic rings. The van der Waals surface area contributed by atoms with Crippen molar-refractivity contribution in [2.75, 3.05) is 11.5 Å². The van der Waals surface area contributed by atoms with Crippen LogP contribution in [-0.2, 0) is 9.84 Å². The fourth-order valence-corrected chi connectivity index (χ4v) is 4.36. The van der Waals surface area contributed by atoms with Crippen molar-refractivity contribution in [1.82, 2.24) is 5.32 Å². The lowest BCUT2D eigenvalue weighted by Crippen LogP contribution is -2.35. The van der Waals surface area contributed by atoms with Crippen LogP contribution in [0.4, 0.5) is 0 Å². The van der Waals surface area contributed by atoms with Gasteiger partial charge in [-0.25, -0.2) is 8.42 Å². The number of hydrogen-bond acceptors (Lipinski definition) is 5. The summed E-state index contributed by atoms with van der Waals surface area (Å²) < 4.78 is 28.4. The van der Waals surface area contributed by atoms with Crippen LogP contribution in [0, 0.1) is 13.8 Å². The molecular weight excluding hydrogens is 318 g/mol. The van der Waals surface area contributed by atoms with Crippen LogP contribution in [0.3, 0.4) is 0 Å². The fraction of sp³-hybridized carbons (Fsp3) is 0.375. The second-order valence-corrected chi connectivity index (χ2v) is 8.21. The Morgan fingerprint density at radius 2 is 1.91 bits per heavy atom. The number of aryl methyl sites for hydroxylation is 2. The molecule has 3 rings (SSSR count). The highest BCUT2D eigenvalue weighted by Crippen LogP contribution is 2.18. The summed E-state index contributed by atoms with van der Waals surface area (Å²) in [6.07, 6.45) is 0.379. The van der Waals surface area contributed by atoms with E-state index in [4.69, 9.17) is 4.42 Å². The van der Waals surface area contributed by atoms with Gasteiger partial charge in [-0.2, -0.15) is 0 Å². The summed E-state index contributed by atoms with van der Waals surface area (Å²) in [5.74, 6) is -0.674. The fourth-order valence-electron chi connectivity index (χ4n) is 2.69. The van der Waals surface area contributed by atoms with E-state index in [1.54, 1.807) is 12.1 Å². The van der Waals surface area contributed by atoms with Gasteiger partial charge in [-0.15, -0.1) is 0 Å². The van der Waals surface area contributed by atoms with Gasteiger partial charge in [0, 0.05) is 12.1 Å². The molecule has 0 saturated carbocycles. The SMILES string of the molecule is Cc1cc2oc(C(=O)N[C@H]3CCS(=O)(=O)C3)cc(=O)c2cc1C. The second kappa shape index (κ2) is 5.49. The predicted octanol–water partition coefficient (Wildman–Crippen LogP) is 1.33. The number of fused-ring (bicyclic) bond motifs is 1. The molecule has 1 aromatic heterocycles. The Kier molecular flexibility index (Phi) is 3.75. The average Bonchev–Trinajstić information content (AvgIpc) is 2.80. The molecule has 1 fully saturated rings. The van der Waals surface area contributed by atoms with Crippen molar-refractivity contribution >= 4 is 26.7 Å². The molecule has 0 spiro atoms. The van der Waals surface area contributed by atoms with Crippen molar-refractivity contribution < 1.29 is 17.6 Å². The van der Waals surface area contributed by atoms with Crippen LogP contribution in [0.2, 0.25) is 0 Å². The van der Waals surface area contributed by atoms with Crippen LogP contribution in [0.5, 0.6) is 0 Å². The molecule has 23 heavy (non-hydrogen) atoms. The maximum Gasteiger partial charge on any atom is 0.287 e. The first-order chi connectivity index (χ1) is 10.7. The molecule has 7 heteroatoms. The standard InChI is InChI=1S/C16H17NO5S/c1-9-5-12-13(18)7-15(22-14(12)6-10(9)2)16(19)17-11-3-4-23(20,21)8-11/h5-7,11H,3-4,8H2,1-2H3,(H,17,19)/t11-/m0/s1. The maximum atomic E-state index is 12.2. The molecule has 1 N–H and O–H groups in total. The molecule has 2 aromatic rings. The Hall–Kier alpha value is -2.15. The molecule has 122 valence electrons. The Labute approximate surface area is 133 Å². The van der Waals surface area contributed by atoms with Crippen molar-refractivity contribution in [3.8, 4) is 0 Å². The van der Waals surface area contributed by atoms with Crippen molar-refractivity contribution in [1.29, 1.82) is 0 Å². The third-order valence-electron chi connectivity index (χ3n) is 4.13. The highest BCUT2D eigenvalue weighted by atomic mass is 32.2. The number of benzene rings is 1. The average molecular weight is 335 g/mol. The Bertz CT molecular complexity index is 958. The van der Waals surface area contributed by atoms with Gasteiger partial charge in [0.2, 0.25) is 0 Å². The minimum absolute atomic E-state index is 0.0675. The lowest BCUT2D eigenvalue weighted by molar-refractivity contribution is 0.0913. The first-order valence-corrected chi connectivity index (χ1v) is 9.14. The number of nitrogens with one attached hydrogen (secondary N) is 1. The molecule has 1 atom stereocenters. The summed E-state index contributed by atoms with van der Waals surface area (Å²) in [5, 5.41) is 3.04. The van der Waals surface area contributed by atoms with Crippen molar-refractivity contribution in [3.05, 3.63) is 45.3 Å². The minimum atomic E-state index is -3.08. The number of carbonyl (C=O) groups excluding carboxylic acids is 1. The van der Waals surface area contributed by atoms with Crippen LogP contribution < -0.4 is 10.7 Å². The van der Waals surface area contributed by atoms with E-state index in [0.717, 1.165) is 17.2 Å². The summed E-state index contributed by atoms with van der Waals surface area (Å²) in [7, 11) is -3.08. The van der Waals surface area contributed by atoms with Crippen molar-refractivity contribution in [2.24, 2.45) is 0 Å². The van der Waals surface area contributed by atoms with E-state index in [1.807, 2.05) is 13.8 Å². The van der Waals surface area contributed by atoms with Crippen LogP contribution in [-0.4, -0.2) is 31.9 Å². The van der Waals surface area contributed by atoms with E-state index in [1.165, 1.54) is 0 Å². The first kappa shape index (κ1) is 15.7. The molecule has 1 aliphatic heterocycles. The Morgan fingerprint density at radius 1 is 1.22 bits per heavy atom. The van der Waals surface area contributed by atoms with Crippen LogP contribution >= 0.6 is 0 Å². The van der Waals surface area contributed by atoms with Gasteiger partial charge in [0.05, 0.1) is 16.9 Å². The summed E-state index contributed by atoms with van der Waals surface area (Å²) in [6.45, 7) is 3.79. The smallest absolute Gasteiger partial charge is 0.287 e. The Balaban J connectivity index is 1.92. The normalized spacial score (nSPS) is 19.8. The molecule has 0 radical (unpaired) electrons. The van der Waals surface area contributed by atoms with Gasteiger partial charge in [0.15, 0.2) is 21.0 Å². The zero-order chi connectivity index (χ0) is 16.8. The summed E-state index contributed by atoms with van der Waals surface area (Å²) in [5.41, 5.74) is 1.99. The van der Waals surface area contributed by atoms with Crippen molar-refractivity contribution in [2.45, 2.75) is 26.3 Å². The van der Waals surface area contributed by atoms with Gasteiger partial charge < -0.3 is 9.73 Å². The summed E-state index contributed by atoms with van der Waals surface area (Å²) >= 11 is 0. The first-order valence-electron chi connectivity index (χ1n) is 7.31. The molecule has 0 unspecified atom stereocenters. The number of rotatable bonds is 2. The van der Waals surface area contributed by atoms with Gasteiger partial charge >= 0.3 is 0 Å². The van der Waals surface area contributed by atoms with Gasteiger partial charge in [0.1, 0.15) is 5.58 Å². The monoisotopic (exact) mass is 335 g/mol. The lowest BCUT2D eigenvalue weighted by Gasteiger charge is -2.10. The zero-order valence-corrected chi connectivity index (χ0v) is 13.7. The number of sulfone groups is 1. The predicted molar refractivity (Wildman–Crippen MR) is 86.5 cm³/mol. The third-order valence-corrected chi connectivity index (χ3v) is 5.90. The number of amides is 1. The Morgan fingerprint density at radius 3 is 2.57 bits per heavy atom. The van der Waals surface area contributed by atoms with Gasteiger partial charge in [0.25, 0.3) is 5.91 Å². The largest absolute Gasteiger partial charge is 0.451 e. The molecule has 6 nitrogen and oxygen atoms in total. The molecule has 0 bridgehead atoms. The topological polar surface area (TPSA) is 93.4 Å². The lowest BCUT2D eigenvalue weighted by atomic mass is 10.1. The van der Waals surface area contributed by atoms with Crippen molar-refractivity contribution in [3.63, 3.8) is 0 Å². The number of hydrogen-bond donors (Lipinski definition) is 1. The van der Waals surface area contributed by atoms with E-state index < -0.39 is 21.8 Å². The second-order valence-electron chi connectivity index (χ2n) is 5.98. The maximum absolute atomic E-state index is 12.2. The van der Waals surface area contributed by atoms with Crippen LogP contribution in [0.15, 0.2) is 27.4 Å². The van der Waals surface area contributed by atoms with E-state index in [2.05, 4.69) is 5.32 Å².